The van der Waals surface area contributed by atoms with Crippen molar-refractivity contribution in [2.75, 3.05) is 18.1 Å². The normalized spacial score (nSPS) is 22.1. The molecule has 1 aromatic rings. The molecule has 3 heterocycles. The summed E-state index contributed by atoms with van der Waals surface area (Å²) in [6.07, 6.45) is 0. The second kappa shape index (κ2) is 4.63. The van der Waals surface area contributed by atoms with E-state index in [9.17, 15) is 4.79 Å². The summed E-state index contributed by atoms with van der Waals surface area (Å²) in [5, 5.41) is 4.51. The van der Waals surface area contributed by atoms with E-state index in [1.165, 1.54) is 17.2 Å². The van der Waals surface area contributed by atoms with Gasteiger partial charge in [-0.05, 0) is 19.9 Å². The molecule has 104 valence electrons. The highest BCUT2D eigenvalue weighted by Gasteiger charge is 2.42. The molecule has 0 atom stereocenters. The van der Waals surface area contributed by atoms with Crippen molar-refractivity contribution in [3.8, 4) is 0 Å². The van der Waals surface area contributed by atoms with Crippen molar-refractivity contribution in [1.82, 2.24) is 14.7 Å². The zero-order valence-electron chi connectivity index (χ0n) is 11.8. The first-order valence-electron chi connectivity index (χ1n) is 6.89. The number of aromatic nitrogens is 2. The van der Waals surface area contributed by atoms with E-state index in [0.717, 1.165) is 19.6 Å². The maximum atomic E-state index is 11.5. The molecule has 2 aliphatic heterocycles. The van der Waals surface area contributed by atoms with Gasteiger partial charge in [0.25, 0.3) is 0 Å². The van der Waals surface area contributed by atoms with Crippen LogP contribution in [-0.2, 0) is 13.1 Å². The van der Waals surface area contributed by atoms with Crippen LogP contribution in [0.25, 0.3) is 0 Å². The number of rotatable bonds is 2. The number of thioether (sulfide) groups is 1. The van der Waals surface area contributed by atoms with Crippen molar-refractivity contribution in [2.45, 2.75) is 39.9 Å². The van der Waals surface area contributed by atoms with Gasteiger partial charge in [0.2, 0.25) is 0 Å². The van der Waals surface area contributed by atoms with Gasteiger partial charge in [-0.25, -0.2) is 0 Å². The van der Waals surface area contributed by atoms with Gasteiger partial charge in [-0.15, -0.1) is 0 Å². The SMILES string of the molecule is CC(=O)c1cc2n(n1)CC1(CSC1)CN(C(C)C)C2. The molecule has 1 aromatic heterocycles. The minimum Gasteiger partial charge on any atom is -0.294 e. The van der Waals surface area contributed by atoms with Gasteiger partial charge >= 0.3 is 0 Å². The molecule has 0 unspecified atom stereocenters. The van der Waals surface area contributed by atoms with Crippen molar-refractivity contribution < 1.29 is 4.79 Å². The van der Waals surface area contributed by atoms with Gasteiger partial charge in [-0.1, -0.05) is 0 Å². The Morgan fingerprint density at radius 3 is 2.68 bits per heavy atom. The number of carbonyl (C=O) groups is 1. The number of ketones is 1. The molecule has 1 fully saturated rings. The lowest BCUT2D eigenvalue weighted by Crippen LogP contribution is -2.48. The zero-order chi connectivity index (χ0) is 13.6. The average Bonchev–Trinajstić information content (AvgIpc) is 2.60. The summed E-state index contributed by atoms with van der Waals surface area (Å²) in [4.78, 5) is 14.0. The second-order valence-corrected chi connectivity index (χ2v) is 7.21. The van der Waals surface area contributed by atoms with Crippen LogP contribution >= 0.6 is 11.8 Å². The van der Waals surface area contributed by atoms with Gasteiger partial charge in [-0.3, -0.25) is 14.4 Å². The minimum absolute atomic E-state index is 0.0636. The summed E-state index contributed by atoms with van der Waals surface area (Å²) < 4.78 is 2.08. The Labute approximate surface area is 118 Å². The van der Waals surface area contributed by atoms with Gasteiger partial charge in [-0.2, -0.15) is 16.9 Å². The summed E-state index contributed by atoms with van der Waals surface area (Å²) >= 11 is 2.02. The molecule has 0 radical (unpaired) electrons. The average molecular weight is 279 g/mol. The van der Waals surface area contributed by atoms with E-state index in [1.54, 1.807) is 6.92 Å². The first-order chi connectivity index (χ1) is 8.99. The van der Waals surface area contributed by atoms with E-state index in [-0.39, 0.29) is 5.78 Å². The third-order valence-corrected chi connectivity index (χ3v) is 5.79. The highest BCUT2D eigenvalue weighted by Crippen LogP contribution is 2.42. The maximum Gasteiger partial charge on any atom is 0.179 e. The Morgan fingerprint density at radius 2 is 2.16 bits per heavy atom. The Bertz CT molecular complexity index is 505. The lowest BCUT2D eigenvalue weighted by atomic mass is 9.91. The van der Waals surface area contributed by atoms with Crippen LogP contribution in [0.2, 0.25) is 0 Å². The first-order valence-corrected chi connectivity index (χ1v) is 8.04. The van der Waals surface area contributed by atoms with Crippen LogP contribution in [0.4, 0.5) is 0 Å². The Hall–Kier alpha value is -0.810. The van der Waals surface area contributed by atoms with E-state index < -0.39 is 0 Å². The molecule has 1 saturated heterocycles. The van der Waals surface area contributed by atoms with Crippen molar-refractivity contribution in [3.05, 3.63) is 17.5 Å². The van der Waals surface area contributed by atoms with Crippen molar-refractivity contribution in [1.29, 1.82) is 0 Å². The van der Waals surface area contributed by atoms with Gasteiger partial charge in [0.05, 0.1) is 5.69 Å². The highest BCUT2D eigenvalue weighted by atomic mass is 32.2. The molecule has 0 aliphatic carbocycles. The quantitative estimate of drug-likeness (QED) is 0.777. The lowest BCUT2D eigenvalue weighted by Gasteiger charge is -2.43. The molecule has 0 saturated carbocycles. The van der Waals surface area contributed by atoms with Crippen LogP contribution in [0, 0.1) is 5.41 Å². The molecule has 0 amide bonds. The molecular weight excluding hydrogens is 258 g/mol. The number of hydrogen-bond donors (Lipinski definition) is 0. The van der Waals surface area contributed by atoms with Gasteiger partial charge in [0, 0.05) is 49.5 Å². The first kappa shape index (κ1) is 13.2. The Balaban J connectivity index is 1.96. The number of carbonyl (C=O) groups excluding carboxylic acids is 1. The maximum absolute atomic E-state index is 11.5. The predicted molar refractivity (Wildman–Crippen MR) is 77.5 cm³/mol. The summed E-state index contributed by atoms with van der Waals surface area (Å²) in [5.41, 5.74) is 2.16. The standard InChI is InChI=1S/C14H21N3OS/c1-10(2)16-5-12-4-13(11(3)18)15-17(12)7-14(6-16)8-19-9-14/h4,10H,5-9H2,1-3H3. The largest absolute Gasteiger partial charge is 0.294 e. The van der Waals surface area contributed by atoms with E-state index in [0.29, 0.717) is 17.2 Å². The summed E-state index contributed by atoms with van der Waals surface area (Å²) in [7, 11) is 0. The second-order valence-electron chi connectivity index (χ2n) is 6.23. The van der Waals surface area contributed by atoms with E-state index in [4.69, 9.17) is 0 Å². The molecule has 4 nitrogen and oxygen atoms in total. The number of nitrogens with zero attached hydrogens (tertiary/aromatic N) is 3. The summed E-state index contributed by atoms with van der Waals surface area (Å²) in [6.45, 7) is 9.11. The molecule has 2 aliphatic rings. The molecule has 0 aromatic carbocycles. The number of hydrogen-bond acceptors (Lipinski definition) is 4. The number of Topliss-reactive ketones (excluding diaryl/α,β-unsaturated/α-hetero) is 1. The van der Waals surface area contributed by atoms with Crippen LogP contribution in [-0.4, -0.2) is 44.6 Å². The van der Waals surface area contributed by atoms with Crippen LogP contribution in [0.15, 0.2) is 6.07 Å². The Morgan fingerprint density at radius 1 is 1.42 bits per heavy atom. The fourth-order valence-corrected chi connectivity index (χ4v) is 4.04. The van der Waals surface area contributed by atoms with Crippen LogP contribution in [0.1, 0.15) is 37.0 Å². The minimum atomic E-state index is 0.0636. The van der Waals surface area contributed by atoms with Crippen LogP contribution in [0.3, 0.4) is 0 Å². The molecular formula is C14H21N3OS. The molecule has 19 heavy (non-hydrogen) atoms. The fraction of sp³-hybridized carbons (Fsp3) is 0.714. The van der Waals surface area contributed by atoms with Gasteiger partial charge < -0.3 is 0 Å². The zero-order valence-corrected chi connectivity index (χ0v) is 12.7. The van der Waals surface area contributed by atoms with E-state index in [2.05, 4.69) is 28.5 Å². The lowest BCUT2D eigenvalue weighted by molar-refractivity contribution is 0.101. The highest BCUT2D eigenvalue weighted by molar-refractivity contribution is 8.00. The summed E-state index contributed by atoms with van der Waals surface area (Å²) in [5.74, 6) is 2.49. The monoisotopic (exact) mass is 279 g/mol. The predicted octanol–water partition coefficient (Wildman–Crippen LogP) is 2.04. The number of fused-ring (bicyclic) bond motifs is 1. The molecule has 5 heteroatoms. The molecule has 0 bridgehead atoms. The third-order valence-electron chi connectivity index (χ3n) is 4.16. The van der Waals surface area contributed by atoms with Crippen LogP contribution < -0.4 is 0 Å². The van der Waals surface area contributed by atoms with Gasteiger partial charge in [0.1, 0.15) is 5.69 Å². The topological polar surface area (TPSA) is 38.1 Å². The van der Waals surface area contributed by atoms with Crippen molar-refractivity contribution >= 4 is 17.5 Å². The van der Waals surface area contributed by atoms with Crippen LogP contribution in [0.5, 0.6) is 0 Å². The van der Waals surface area contributed by atoms with Crippen molar-refractivity contribution in [3.63, 3.8) is 0 Å². The third kappa shape index (κ3) is 2.34. The van der Waals surface area contributed by atoms with Gasteiger partial charge in [0.15, 0.2) is 5.78 Å². The van der Waals surface area contributed by atoms with E-state index in [1.807, 2.05) is 17.8 Å². The fourth-order valence-electron chi connectivity index (χ4n) is 2.89. The smallest absolute Gasteiger partial charge is 0.179 e. The van der Waals surface area contributed by atoms with Crippen molar-refractivity contribution in [2.24, 2.45) is 5.41 Å². The Kier molecular flexibility index (Phi) is 3.21. The molecule has 1 spiro atoms. The molecule has 3 rings (SSSR count). The molecule has 0 N–H and O–H groups in total. The van der Waals surface area contributed by atoms with E-state index >= 15 is 0 Å². The summed E-state index contributed by atoms with van der Waals surface area (Å²) in [6, 6.07) is 2.51.